The lowest BCUT2D eigenvalue weighted by Crippen LogP contribution is -2.41. The Bertz CT molecular complexity index is 280. The van der Waals surface area contributed by atoms with Gasteiger partial charge < -0.3 is 10.2 Å². The summed E-state index contributed by atoms with van der Waals surface area (Å²) < 4.78 is 0. The van der Waals surface area contributed by atoms with E-state index in [-0.39, 0.29) is 17.7 Å². The molecule has 1 fully saturated rings. The van der Waals surface area contributed by atoms with Gasteiger partial charge in [0.1, 0.15) is 0 Å². The van der Waals surface area contributed by atoms with Crippen LogP contribution in [0.2, 0.25) is 0 Å². The average molecular weight is 254 g/mol. The third kappa shape index (κ3) is 4.31. The number of carbonyl (C=O) groups is 2. The molecule has 1 aliphatic rings. The van der Waals surface area contributed by atoms with Gasteiger partial charge in [-0.05, 0) is 31.6 Å². The molecule has 0 aromatic heterocycles. The van der Waals surface area contributed by atoms with Gasteiger partial charge >= 0.3 is 0 Å². The van der Waals surface area contributed by atoms with Crippen LogP contribution in [-0.4, -0.2) is 36.3 Å². The Kier molecular flexibility index (Phi) is 6.16. The standard InChI is InChI=1S/C14H26N2O2/c1-4-13(5-2)14(18)15-10-12-6-8-16(9-7-12)11(3)17/h12-13H,4-10H2,1-3H3,(H,15,18). The molecule has 1 N–H and O–H groups in total. The molecule has 0 unspecified atom stereocenters. The van der Waals surface area contributed by atoms with Crippen molar-refractivity contribution >= 4 is 11.8 Å². The van der Waals surface area contributed by atoms with Gasteiger partial charge in [0.25, 0.3) is 0 Å². The average Bonchev–Trinajstić information content (AvgIpc) is 2.38. The third-order valence-electron chi connectivity index (χ3n) is 3.98. The highest BCUT2D eigenvalue weighted by Crippen LogP contribution is 2.16. The van der Waals surface area contributed by atoms with Gasteiger partial charge in [0.05, 0.1) is 0 Å². The highest BCUT2D eigenvalue weighted by molar-refractivity contribution is 5.78. The number of hydrogen-bond donors (Lipinski definition) is 1. The van der Waals surface area contributed by atoms with E-state index in [1.807, 2.05) is 4.90 Å². The molecule has 0 aromatic rings. The molecule has 18 heavy (non-hydrogen) atoms. The molecule has 0 bridgehead atoms. The van der Waals surface area contributed by atoms with E-state index >= 15 is 0 Å². The predicted molar refractivity (Wildman–Crippen MR) is 72.1 cm³/mol. The van der Waals surface area contributed by atoms with Crippen LogP contribution in [0.5, 0.6) is 0 Å². The van der Waals surface area contributed by atoms with Crippen LogP contribution in [0.4, 0.5) is 0 Å². The van der Waals surface area contributed by atoms with Gasteiger partial charge in [-0.1, -0.05) is 13.8 Å². The van der Waals surface area contributed by atoms with E-state index in [9.17, 15) is 9.59 Å². The van der Waals surface area contributed by atoms with Gasteiger partial charge in [-0.25, -0.2) is 0 Å². The van der Waals surface area contributed by atoms with Crippen LogP contribution >= 0.6 is 0 Å². The smallest absolute Gasteiger partial charge is 0.223 e. The van der Waals surface area contributed by atoms with Gasteiger partial charge in [-0.3, -0.25) is 9.59 Å². The highest BCUT2D eigenvalue weighted by Gasteiger charge is 2.22. The lowest BCUT2D eigenvalue weighted by atomic mass is 9.96. The molecule has 4 heteroatoms. The molecule has 1 aliphatic heterocycles. The van der Waals surface area contributed by atoms with Crippen LogP contribution in [0.3, 0.4) is 0 Å². The number of nitrogens with one attached hydrogen (secondary N) is 1. The molecule has 1 heterocycles. The van der Waals surface area contributed by atoms with Crippen LogP contribution in [0, 0.1) is 11.8 Å². The fourth-order valence-electron chi connectivity index (χ4n) is 2.50. The van der Waals surface area contributed by atoms with Crippen molar-refractivity contribution in [1.82, 2.24) is 10.2 Å². The van der Waals surface area contributed by atoms with Gasteiger partial charge in [0.2, 0.25) is 11.8 Å². The predicted octanol–water partition coefficient (Wildman–Crippen LogP) is 1.80. The maximum Gasteiger partial charge on any atom is 0.223 e. The van der Waals surface area contributed by atoms with E-state index in [0.29, 0.717) is 5.92 Å². The Morgan fingerprint density at radius 1 is 1.22 bits per heavy atom. The lowest BCUT2D eigenvalue weighted by Gasteiger charge is -2.31. The van der Waals surface area contributed by atoms with Crippen molar-refractivity contribution in [2.45, 2.75) is 46.5 Å². The number of hydrogen-bond acceptors (Lipinski definition) is 2. The summed E-state index contributed by atoms with van der Waals surface area (Å²) in [6.45, 7) is 8.16. The Labute approximate surface area is 110 Å². The summed E-state index contributed by atoms with van der Waals surface area (Å²) in [6.07, 6.45) is 3.82. The summed E-state index contributed by atoms with van der Waals surface area (Å²) in [6, 6.07) is 0. The number of likely N-dealkylation sites (tertiary alicyclic amines) is 1. The monoisotopic (exact) mass is 254 g/mol. The second kappa shape index (κ2) is 7.39. The summed E-state index contributed by atoms with van der Waals surface area (Å²) in [7, 11) is 0. The minimum atomic E-state index is 0.155. The zero-order chi connectivity index (χ0) is 13.5. The maximum atomic E-state index is 11.8. The normalized spacial score (nSPS) is 17.0. The summed E-state index contributed by atoms with van der Waals surface area (Å²) in [5, 5.41) is 3.06. The first-order chi connectivity index (χ1) is 8.58. The Morgan fingerprint density at radius 2 is 1.78 bits per heavy atom. The summed E-state index contributed by atoms with van der Waals surface area (Å²) in [4.78, 5) is 24.9. The quantitative estimate of drug-likeness (QED) is 0.813. The first-order valence-electron chi connectivity index (χ1n) is 7.11. The fourth-order valence-corrected chi connectivity index (χ4v) is 2.50. The third-order valence-corrected chi connectivity index (χ3v) is 3.98. The zero-order valence-electron chi connectivity index (χ0n) is 11.9. The molecule has 0 aliphatic carbocycles. The molecule has 4 nitrogen and oxygen atoms in total. The fraction of sp³-hybridized carbons (Fsp3) is 0.857. The highest BCUT2D eigenvalue weighted by atomic mass is 16.2. The largest absolute Gasteiger partial charge is 0.356 e. The van der Waals surface area contributed by atoms with Crippen molar-refractivity contribution in [3.63, 3.8) is 0 Å². The molecular weight excluding hydrogens is 228 g/mol. The van der Waals surface area contributed by atoms with Crippen molar-refractivity contribution in [2.24, 2.45) is 11.8 Å². The summed E-state index contributed by atoms with van der Waals surface area (Å²) >= 11 is 0. The number of amides is 2. The van der Waals surface area contributed by atoms with Crippen LogP contribution in [-0.2, 0) is 9.59 Å². The minimum absolute atomic E-state index is 0.155. The number of nitrogens with zero attached hydrogens (tertiary/aromatic N) is 1. The number of piperidine rings is 1. The SMILES string of the molecule is CCC(CC)C(=O)NCC1CCN(C(C)=O)CC1. The molecule has 1 saturated heterocycles. The van der Waals surface area contributed by atoms with Crippen LogP contribution in [0.15, 0.2) is 0 Å². The molecular formula is C14H26N2O2. The number of carbonyl (C=O) groups excluding carboxylic acids is 2. The molecule has 0 aromatic carbocycles. The molecule has 0 spiro atoms. The molecule has 104 valence electrons. The van der Waals surface area contributed by atoms with Crippen molar-refractivity contribution in [1.29, 1.82) is 0 Å². The summed E-state index contributed by atoms with van der Waals surface area (Å²) in [5.41, 5.74) is 0. The Hall–Kier alpha value is -1.06. The van der Waals surface area contributed by atoms with E-state index in [4.69, 9.17) is 0 Å². The summed E-state index contributed by atoms with van der Waals surface area (Å²) in [5.74, 6) is 1.03. The Balaban J connectivity index is 2.25. The van der Waals surface area contributed by atoms with E-state index in [1.54, 1.807) is 6.92 Å². The van der Waals surface area contributed by atoms with Gasteiger partial charge in [-0.2, -0.15) is 0 Å². The van der Waals surface area contributed by atoms with Crippen molar-refractivity contribution in [3.05, 3.63) is 0 Å². The molecule has 2 amide bonds. The van der Waals surface area contributed by atoms with Crippen molar-refractivity contribution in [3.8, 4) is 0 Å². The first-order valence-corrected chi connectivity index (χ1v) is 7.11. The van der Waals surface area contributed by atoms with Crippen LogP contribution in [0.1, 0.15) is 46.5 Å². The van der Waals surface area contributed by atoms with E-state index in [2.05, 4.69) is 19.2 Å². The van der Waals surface area contributed by atoms with Gasteiger partial charge in [0, 0.05) is 32.5 Å². The van der Waals surface area contributed by atoms with Crippen molar-refractivity contribution < 1.29 is 9.59 Å². The molecule has 0 saturated carbocycles. The second-order valence-electron chi connectivity index (χ2n) is 5.21. The zero-order valence-corrected chi connectivity index (χ0v) is 11.9. The van der Waals surface area contributed by atoms with Crippen LogP contribution < -0.4 is 5.32 Å². The molecule has 1 rings (SSSR count). The van der Waals surface area contributed by atoms with Gasteiger partial charge in [-0.15, -0.1) is 0 Å². The van der Waals surface area contributed by atoms with E-state index < -0.39 is 0 Å². The molecule has 0 atom stereocenters. The Morgan fingerprint density at radius 3 is 2.22 bits per heavy atom. The molecule has 0 radical (unpaired) electrons. The van der Waals surface area contributed by atoms with E-state index in [1.165, 1.54) is 0 Å². The van der Waals surface area contributed by atoms with Crippen LogP contribution in [0.25, 0.3) is 0 Å². The number of rotatable bonds is 5. The first kappa shape index (κ1) is 15.0. The topological polar surface area (TPSA) is 49.4 Å². The minimum Gasteiger partial charge on any atom is -0.356 e. The van der Waals surface area contributed by atoms with Crippen molar-refractivity contribution in [2.75, 3.05) is 19.6 Å². The second-order valence-corrected chi connectivity index (χ2v) is 5.21. The van der Waals surface area contributed by atoms with E-state index in [0.717, 1.165) is 45.3 Å². The lowest BCUT2D eigenvalue weighted by molar-refractivity contribution is -0.130. The van der Waals surface area contributed by atoms with Gasteiger partial charge in [0.15, 0.2) is 0 Å². The maximum absolute atomic E-state index is 11.8.